The van der Waals surface area contributed by atoms with Gasteiger partial charge >= 0.3 is 5.97 Å². The van der Waals surface area contributed by atoms with E-state index >= 15 is 0 Å². The smallest absolute Gasteiger partial charge is 0.338 e. The van der Waals surface area contributed by atoms with Crippen molar-refractivity contribution in [3.8, 4) is 0 Å². The second-order valence-corrected chi connectivity index (χ2v) is 4.95. The van der Waals surface area contributed by atoms with Gasteiger partial charge < -0.3 is 30.3 Å². The van der Waals surface area contributed by atoms with Crippen LogP contribution >= 0.6 is 0 Å². The SMILES string of the molecule is CCc1ccc(C(=O)OC[C@@H](O)[C@@H](O)[C@H](O)[C@@H](O)CO)cc1. The summed E-state index contributed by atoms with van der Waals surface area (Å²) in [5.74, 6) is -0.675. The van der Waals surface area contributed by atoms with E-state index in [9.17, 15) is 25.2 Å². The first-order chi connectivity index (χ1) is 10.4. The van der Waals surface area contributed by atoms with Gasteiger partial charge in [0.15, 0.2) is 0 Å². The highest BCUT2D eigenvalue weighted by atomic mass is 16.5. The predicted octanol–water partition coefficient (Wildman–Crippen LogP) is -1.16. The van der Waals surface area contributed by atoms with E-state index in [1.165, 1.54) is 0 Å². The maximum absolute atomic E-state index is 11.8. The molecule has 0 spiro atoms. The molecule has 1 aromatic rings. The molecule has 0 heterocycles. The summed E-state index contributed by atoms with van der Waals surface area (Å²) in [6, 6.07) is 6.75. The molecule has 1 aromatic carbocycles. The molecule has 0 aliphatic carbocycles. The Morgan fingerprint density at radius 2 is 1.59 bits per heavy atom. The molecule has 0 amide bonds. The Labute approximate surface area is 128 Å². The van der Waals surface area contributed by atoms with Gasteiger partial charge in [-0.2, -0.15) is 0 Å². The summed E-state index contributed by atoms with van der Waals surface area (Å²) in [5, 5.41) is 46.5. The van der Waals surface area contributed by atoms with E-state index in [1.807, 2.05) is 6.92 Å². The van der Waals surface area contributed by atoms with Crippen LogP contribution < -0.4 is 0 Å². The van der Waals surface area contributed by atoms with Gasteiger partial charge in [0.25, 0.3) is 0 Å². The fourth-order valence-electron chi connectivity index (χ4n) is 1.78. The molecule has 0 aliphatic rings. The van der Waals surface area contributed by atoms with Crippen LogP contribution in [0.4, 0.5) is 0 Å². The number of aryl methyl sites for hydroxylation is 1. The fourth-order valence-corrected chi connectivity index (χ4v) is 1.78. The zero-order chi connectivity index (χ0) is 16.7. The Bertz CT molecular complexity index is 459. The minimum atomic E-state index is -1.75. The van der Waals surface area contributed by atoms with Gasteiger partial charge in [-0.05, 0) is 24.1 Å². The van der Waals surface area contributed by atoms with Crippen molar-refractivity contribution in [2.45, 2.75) is 37.8 Å². The first-order valence-corrected chi connectivity index (χ1v) is 6.99. The van der Waals surface area contributed by atoms with Crippen molar-refractivity contribution in [2.24, 2.45) is 0 Å². The first kappa shape index (κ1) is 18.5. The van der Waals surface area contributed by atoms with Crippen LogP contribution in [0.2, 0.25) is 0 Å². The van der Waals surface area contributed by atoms with Gasteiger partial charge in [0.2, 0.25) is 0 Å². The van der Waals surface area contributed by atoms with Crippen LogP contribution in [0, 0.1) is 0 Å². The normalized spacial score (nSPS) is 16.6. The van der Waals surface area contributed by atoms with Crippen molar-refractivity contribution in [2.75, 3.05) is 13.2 Å². The van der Waals surface area contributed by atoms with Gasteiger partial charge in [-0.15, -0.1) is 0 Å². The second kappa shape index (κ2) is 8.82. The molecule has 0 unspecified atom stereocenters. The Morgan fingerprint density at radius 1 is 1.05 bits per heavy atom. The molecule has 0 fully saturated rings. The summed E-state index contributed by atoms with van der Waals surface area (Å²) in [6.45, 7) is 0.663. The van der Waals surface area contributed by atoms with E-state index in [0.717, 1.165) is 12.0 Å². The lowest BCUT2D eigenvalue weighted by Crippen LogP contribution is -2.47. The Kier molecular flexibility index (Phi) is 7.43. The van der Waals surface area contributed by atoms with E-state index in [1.54, 1.807) is 24.3 Å². The Balaban J connectivity index is 2.51. The third-order valence-corrected chi connectivity index (χ3v) is 3.31. The lowest BCUT2D eigenvalue weighted by molar-refractivity contribution is -0.124. The molecule has 0 saturated carbocycles. The van der Waals surface area contributed by atoms with Crippen molar-refractivity contribution < 1.29 is 35.1 Å². The number of ether oxygens (including phenoxy) is 1. The summed E-state index contributed by atoms with van der Waals surface area (Å²) in [5.41, 5.74) is 1.36. The van der Waals surface area contributed by atoms with Crippen LogP contribution in [0.25, 0.3) is 0 Å². The largest absolute Gasteiger partial charge is 0.459 e. The molecule has 124 valence electrons. The number of hydrogen-bond acceptors (Lipinski definition) is 7. The fraction of sp³-hybridized carbons (Fsp3) is 0.533. The molecule has 7 heteroatoms. The van der Waals surface area contributed by atoms with Crippen LogP contribution in [-0.2, 0) is 11.2 Å². The van der Waals surface area contributed by atoms with E-state index in [-0.39, 0.29) is 0 Å². The van der Waals surface area contributed by atoms with Crippen molar-refractivity contribution in [1.29, 1.82) is 0 Å². The minimum Gasteiger partial charge on any atom is -0.459 e. The number of carbonyl (C=O) groups excluding carboxylic acids is 1. The van der Waals surface area contributed by atoms with Gasteiger partial charge in [-0.25, -0.2) is 4.79 Å². The summed E-state index contributed by atoms with van der Waals surface area (Å²) in [7, 11) is 0. The van der Waals surface area contributed by atoms with Crippen LogP contribution in [0.3, 0.4) is 0 Å². The molecular formula is C15H22O7. The first-order valence-electron chi connectivity index (χ1n) is 6.99. The highest BCUT2D eigenvalue weighted by Crippen LogP contribution is 2.09. The number of aliphatic hydroxyl groups is 5. The second-order valence-electron chi connectivity index (χ2n) is 4.95. The van der Waals surface area contributed by atoms with Crippen molar-refractivity contribution in [1.82, 2.24) is 0 Å². The molecule has 5 N–H and O–H groups in total. The van der Waals surface area contributed by atoms with Gasteiger partial charge in [0, 0.05) is 0 Å². The van der Waals surface area contributed by atoms with Crippen LogP contribution in [-0.4, -0.2) is 69.1 Å². The van der Waals surface area contributed by atoms with Crippen LogP contribution in [0.5, 0.6) is 0 Å². The minimum absolute atomic E-state index is 0.301. The predicted molar refractivity (Wildman–Crippen MR) is 77.2 cm³/mol. The zero-order valence-corrected chi connectivity index (χ0v) is 12.3. The molecule has 0 aromatic heterocycles. The lowest BCUT2D eigenvalue weighted by Gasteiger charge is -2.25. The molecule has 1 rings (SSSR count). The van der Waals surface area contributed by atoms with Crippen molar-refractivity contribution >= 4 is 5.97 Å². The Hall–Kier alpha value is -1.51. The summed E-state index contributed by atoms with van der Waals surface area (Å²) < 4.78 is 4.84. The lowest BCUT2D eigenvalue weighted by atomic mass is 10.0. The van der Waals surface area contributed by atoms with E-state index in [0.29, 0.717) is 5.56 Å². The van der Waals surface area contributed by atoms with Crippen molar-refractivity contribution in [3.05, 3.63) is 35.4 Å². The van der Waals surface area contributed by atoms with E-state index in [4.69, 9.17) is 9.84 Å². The van der Waals surface area contributed by atoms with Gasteiger partial charge in [0.1, 0.15) is 31.0 Å². The zero-order valence-electron chi connectivity index (χ0n) is 12.3. The molecular weight excluding hydrogens is 292 g/mol. The van der Waals surface area contributed by atoms with Gasteiger partial charge in [-0.1, -0.05) is 19.1 Å². The number of aliphatic hydroxyl groups excluding tert-OH is 5. The standard InChI is InChI=1S/C15H22O7/c1-2-9-3-5-10(6-4-9)15(21)22-8-12(18)14(20)13(19)11(17)7-16/h3-6,11-14,16-20H,2,7-8H2,1H3/t11-,12+,13+,14+/m0/s1. The van der Waals surface area contributed by atoms with E-state index < -0.39 is 43.6 Å². The highest BCUT2D eigenvalue weighted by molar-refractivity contribution is 5.89. The summed E-state index contributed by atoms with van der Waals surface area (Å²) >= 11 is 0. The number of esters is 1. The molecule has 0 aliphatic heterocycles. The van der Waals surface area contributed by atoms with Gasteiger partial charge in [0.05, 0.1) is 12.2 Å². The Morgan fingerprint density at radius 3 is 2.09 bits per heavy atom. The monoisotopic (exact) mass is 314 g/mol. The quantitative estimate of drug-likeness (QED) is 0.383. The number of carbonyl (C=O) groups is 1. The maximum Gasteiger partial charge on any atom is 0.338 e. The summed E-state index contributed by atoms with van der Waals surface area (Å²) in [4.78, 5) is 11.8. The van der Waals surface area contributed by atoms with Gasteiger partial charge in [-0.3, -0.25) is 0 Å². The molecule has 22 heavy (non-hydrogen) atoms. The maximum atomic E-state index is 11.8. The molecule has 7 nitrogen and oxygen atoms in total. The number of benzene rings is 1. The molecule has 0 radical (unpaired) electrons. The summed E-state index contributed by atoms with van der Waals surface area (Å²) in [6.07, 6.45) is -5.84. The van der Waals surface area contributed by atoms with Crippen molar-refractivity contribution in [3.63, 3.8) is 0 Å². The van der Waals surface area contributed by atoms with Crippen LogP contribution in [0.15, 0.2) is 24.3 Å². The number of rotatable bonds is 8. The molecule has 4 atom stereocenters. The van der Waals surface area contributed by atoms with E-state index in [2.05, 4.69) is 0 Å². The van der Waals surface area contributed by atoms with Crippen LogP contribution in [0.1, 0.15) is 22.8 Å². The third-order valence-electron chi connectivity index (χ3n) is 3.31. The molecule has 0 saturated heterocycles. The average molecular weight is 314 g/mol. The topological polar surface area (TPSA) is 127 Å². The number of hydrogen-bond donors (Lipinski definition) is 5. The average Bonchev–Trinajstić information content (AvgIpc) is 2.57. The highest BCUT2D eigenvalue weighted by Gasteiger charge is 2.30. The third kappa shape index (κ3) is 5.04. The molecule has 0 bridgehead atoms.